The lowest BCUT2D eigenvalue weighted by atomic mass is 9.83. The fraction of sp³-hybridized carbons (Fsp3) is 0.385. The molecule has 2 aliphatic rings. The predicted molar refractivity (Wildman–Crippen MR) is 123 cm³/mol. The smallest absolute Gasteiger partial charge is 0.308 e. The first kappa shape index (κ1) is 21.7. The molecule has 172 valence electrons. The van der Waals surface area contributed by atoms with Crippen LogP contribution in [0.4, 0.5) is 0 Å². The number of fused-ring (bicyclic) bond motifs is 7. The number of aliphatic hydroxyl groups is 1. The minimum Gasteiger partial charge on any atom is -0.496 e. The molecule has 0 aromatic heterocycles. The molecule has 0 aliphatic carbocycles. The minimum absolute atomic E-state index is 0.133. The molecule has 2 atom stereocenters. The van der Waals surface area contributed by atoms with E-state index in [2.05, 4.69) is 4.90 Å². The van der Waals surface area contributed by atoms with Crippen molar-refractivity contribution in [2.75, 3.05) is 13.7 Å². The highest BCUT2D eigenvalue weighted by atomic mass is 16.5. The van der Waals surface area contributed by atoms with Crippen LogP contribution in [0.1, 0.15) is 49.5 Å². The number of carbonyl (C=O) groups is 2. The van der Waals surface area contributed by atoms with Crippen LogP contribution in [0.15, 0.2) is 30.3 Å². The standard InChI is InChI=1S/C26H27NO6/c1-14(29)32-17-6-7-18-20(10-17)19-9-16(13-28)24(31-3)11-21(19)22-12-27-8-4-5-23(27)26(25(18)22)33-15(2)30/h6-7,9-11,23,26,28H,4-5,8,12-13H2,1-3H3/t23-,26+/m0/s1. The van der Waals surface area contributed by atoms with Gasteiger partial charge in [0.1, 0.15) is 17.6 Å². The van der Waals surface area contributed by atoms with Crippen molar-refractivity contribution in [2.24, 2.45) is 0 Å². The molecule has 0 saturated carbocycles. The summed E-state index contributed by atoms with van der Waals surface area (Å²) in [4.78, 5) is 26.1. The third-order valence-corrected chi connectivity index (χ3v) is 6.78. The monoisotopic (exact) mass is 449 g/mol. The van der Waals surface area contributed by atoms with Crippen LogP contribution in [0.5, 0.6) is 11.5 Å². The van der Waals surface area contributed by atoms with Crippen LogP contribution >= 0.6 is 0 Å². The van der Waals surface area contributed by atoms with Crippen molar-refractivity contribution < 1.29 is 28.9 Å². The lowest BCUT2D eigenvalue weighted by Gasteiger charge is -2.39. The summed E-state index contributed by atoms with van der Waals surface area (Å²) in [6.45, 7) is 4.36. The number of carbonyl (C=O) groups excluding carboxylic acids is 2. The van der Waals surface area contributed by atoms with Gasteiger partial charge in [-0.1, -0.05) is 6.07 Å². The first-order valence-electron chi connectivity index (χ1n) is 11.2. The number of esters is 2. The van der Waals surface area contributed by atoms with Crippen LogP contribution in [0.2, 0.25) is 0 Å². The summed E-state index contributed by atoms with van der Waals surface area (Å²) in [5.41, 5.74) is 2.78. The van der Waals surface area contributed by atoms with E-state index < -0.39 is 5.97 Å². The highest BCUT2D eigenvalue weighted by Gasteiger charge is 2.41. The first-order chi connectivity index (χ1) is 15.9. The maximum absolute atomic E-state index is 12.1. The fourth-order valence-electron chi connectivity index (χ4n) is 5.53. The number of aliphatic hydroxyl groups excluding tert-OH is 1. The molecule has 1 fully saturated rings. The van der Waals surface area contributed by atoms with Crippen LogP contribution in [-0.2, 0) is 27.5 Å². The molecule has 0 spiro atoms. The maximum atomic E-state index is 12.1. The zero-order chi connectivity index (χ0) is 23.3. The van der Waals surface area contributed by atoms with E-state index in [-0.39, 0.29) is 24.7 Å². The molecule has 0 bridgehead atoms. The molecule has 0 radical (unpaired) electrons. The van der Waals surface area contributed by atoms with E-state index in [1.807, 2.05) is 24.3 Å². The Morgan fingerprint density at radius 1 is 1.06 bits per heavy atom. The van der Waals surface area contributed by atoms with Crippen molar-refractivity contribution in [1.82, 2.24) is 4.90 Å². The third-order valence-electron chi connectivity index (χ3n) is 6.78. The molecule has 7 heteroatoms. The topological polar surface area (TPSA) is 85.3 Å². The predicted octanol–water partition coefficient (Wildman–Crippen LogP) is 4.00. The summed E-state index contributed by atoms with van der Waals surface area (Å²) in [7, 11) is 1.59. The maximum Gasteiger partial charge on any atom is 0.308 e. The Bertz CT molecular complexity index is 1280. The van der Waals surface area contributed by atoms with Crippen LogP contribution in [0.3, 0.4) is 0 Å². The lowest BCUT2D eigenvalue weighted by Crippen LogP contribution is -2.40. The number of methoxy groups -OCH3 is 1. The van der Waals surface area contributed by atoms with Gasteiger partial charge in [0, 0.05) is 31.5 Å². The lowest BCUT2D eigenvalue weighted by molar-refractivity contribution is -0.150. The minimum atomic E-state index is -0.395. The van der Waals surface area contributed by atoms with Crippen molar-refractivity contribution in [2.45, 2.75) is 52.0 Å². The van der Waals surface area contributed by atoms with Crippen LogP contribution in [0.25, 0.3) is 21.5 Å². The van der Waals surface area contributed by atoms with Crippen LogP contribution < -0.4 is 9.47 Å². The Labute approximate surface area is 191 Å². The Morgan fingerprint density at radius 3 is 2.55 bits per heavy atom. The highest BCUT2D eigenvalue weighted by Crippen LogP contribution is 2.47. The number of rotatable bonds is 4. The SMILES string of the molecule is COc1cc2c3c(c4ccc(OC(C)=O)cc4c2cc1CO)[C@H](OC(C)=O)[C@@H]1CCCN1C3. The van der Waals surface area contributed by atoms with Gasteiger partial charge in [-0.15, -0.1) is 0 Å². The van der Waals surface area contributed by atoms with Crippen molar-refractivity contribution in [3.63, 3.8) is 0 Å². The van der Waals surface area contributed by atoms with Gasteiger partial charge >= 0.3 is 11.9 Å². The highest BCUT2D eigenvalue weighted by molar-refractivity contribution is 6.12. The number of nitrogens with zero attached hydrogens (tertiary/aromatic N) is 1. The number of hydrogen-bond donors (Lipinski definition) is 1. The summed E-state index contributed by atoms with van der Waals surface area (Å²) < 4.78 is 16.9. The van der Waals surface area contributed by atoms with Gasteiger partial charge in [0.2, 0.25) is 0 Å². The van der Waals surface area contributed by atoms with Crippen molar-refractivity contribution in [3.05, 3.63) is 47.0 Å². The Hall–Kier alpha value is -3.16. The second-order valence-corrected chi connectivity index (χ2v) is 8.77. The summed E-state index contributed by atoms with van der Waals surface area (Å²) in [6, 6.07) is 9.59. The quantitative estimate of drug-likeness (QED) is 0.366. The van der Waals surface area contributed by atoms with E-state index in [1.165, 1.54) is 13.8 Å². The molecule has 2 heterocycles. The molecule has 0 amide bonds. The molecule has 5 rings (SSSR count). The molecule has 1 N–H and O–H groups in total. The Balaban J connectivity index is 1.88. The second-order valence-electron chi connectivity index (χ2n) is 8.77. The number of ether oxygens (including phenoxy) is 3. The Kier molecular flexibility index (Phi) is 5.46. The van der Waals surface area contributed by atoms with Crippen molar-refractivity contribution in [3.8, 4) is 11.5 Å². The zero-order valence-corrected chi connectivity index (χ0v) is 19.0. The van der Waals surface area contributed by atoms with Gasteiger partial charge in [0.15, 0.2) is 0 Å². The van der Waals surface area contributed by atoms with Crippen LogP contribution in [-0.4, -0.2) is 41.6 Å². The summed E-state index contributed by atoms with van der Waals surface area (Å²) in [5.74, 6) is 0.349. The molecule has 3 aromatic carbocycles. The van der Waals surface area contributed by atoms with Gasteiger partial charge in [-0.3, -0.25) is 14.5 Å². The van der Waals surface area contributed by atoms with E-state index in [1.54, 1.807) is 13.2 Å². The van der Waals surface area contributed by atoms with E-state index in [0.717, 1.165) is 58.6 Å². The molecule has 2 aliphatic heterocycles. The normalized spacial score (nSPS) is 19.9. The average Bonchev–Trinajstić information content (AvgIpc) is 3.26. The number of benzene rings is 3. The van der Waals surface area contributed by atoms with Crippen LogP contribution in [0, 0.1) is 0 Å². The molecular weight excluding hydrogens is 422 g/mol. The van der Waals surface area contributed by atoms with Gasteiger partial charge in [-0.25, -0.2) is 0 Å². The fourth-order valence-corrected chi connectivity index (χ4v) is 5.53. The van der Waals surface area contributed by atoms with Gasteiger partial charge in [0.25, 0.3) is 0 Å². The van der Waals surface area contributed by atoms with Gasteiger partial charge in [0.05, 0.1) is 19.8 Å². The van der Waals surface area contributed by atoms with E-state index in [0.29, 0.717) is 17.1 Å². The van der Waals surface area contributed by atoms with E-state index in [9.17, 15) is 14.7 Å². The van der Waals surface area contributed by atoms with E-state index in [4.69, 9.17) is 14.2 Å². The molecular formula is C26H27NO6. The molecule has 3 aromatic rings. The average molecular weight is 450 g/mol. The van der Waals surface area contributed by atoms with Crippen molar-refractivity contribution in [1.29, 1.82) is 0 Å². The first-order valence-corrected chi connectivity index (χ1v) is 11.2. The largest absolute Gasteiger partial charge is 0.496 e. The van der Waals surface area contributed by atoms with Crippen molar-refractivity contribution >= 4 is 33.5 Å². The summed E-state index contributed by atoms with van der Waals surface area (Å²) in [6.07, 6.45) is 1.64. The second kappa shape index (κ2) is 8.32. The molecule has 7 nitrogen and oxygen atoms in total. The van der Waals surface area contributed by atoms with Gasteiger partial charge < -0.3 is 19.3 Å². The van der Waals surface area contributed by atoms with Gasteiger partial charge in [-0.05, 0) is 70.8 Å². The Morgan fingerprint density at radius 2 is 1.85 bits per heavy atom. The van der Waals surface area contributed by atoms with E-state index >= 15 is 0 Å². The summed E-state index contributed by atoms with van der Waals surface area (Å²) >= 11 is 0. The third kappa shape index (κ3) is 3.61. The molecule has 0 unspecified atom stereocenters. The molecule has 33 heavy (non-hydrogen) atoms. The number of hydrogen-bond acceptors (Lipinski definition) is 7. The zero-order valence-electron chi connectivity index (χ0n) is 19.0. The van der Waals surface area contributed by atoms with Gasteiger partial charge in [-0.2, -0.15) is 0 Å². The summed E-state index contributed by atoms with van der Waals surface area (Å²) in [5, 5.41) is 13.7. The molecule has 1 saturated heterocycles.